The SMILES string of the molecule is CC[NH+]1CC[NH+]([C@@H](C)C(=O)Nc2c(C(=O)OC)[nH]c3ccc(Cl)cc23)CC1. The fourth-order valence-electron chi connectivity index (χ4n) is 3.68. The number of amides is 1. The Morgan fingerprint density at radius 2 is 2.00 bits per heavy atom. The molecule has 1 atom stereocenters. The van der Waals surface area contributed by atoms with Gasteiger partial charge in [-0.3, -0.25) is 4.79 Å². The lowest BCUT2D eigenvalue weighted by Gasteiger charge is -2.32. The second kappa shape index (κ2) is 8.29. The number of nitrogens with one attached hydrogen (secondary N) is 4. The number of quaternary nitrogens is 2. The van der Waals surface area contributed by atoms with E-state index in [1.807, 2.05) is 6.92 Å². The predicted molar refractivity (Wildman–Crippen MR) is 105 cm³/mol. The van der Waals surface area contributed by atoms with Crippen LogP contribution in [0.4, 0.5) is 5.69 Å². The molecule has 0 bridgehead atoms. The molecule has 2 aromatic rings. The summed E-state index contributed by atoms with van der Waals surface area (Å²) in [6.45, 7) is 9.29. The molecular weight excluding hydrogens is 368 g/mol. The van der Waals surface area contributed by atoms with Crippen molar-refractivity contribution in [1.82, 2.24) is 4.98 Å². The van der Waals surface area contributed by atoms with Gasteiger partial charge in [-0.05, 0) is 32.0 Å². The van der Waals surface area contributed by atoms with Gasteiger partial charge in [0.25, 0.3) is 5.91 Å². The summed E-state index contributed by atoms with van der Waals surface area (Å²) in [4.78, 5) is 30.9. The summed E-state index contributed by atoms with van der Waals surface area (Å²) >= 11 is 6.11. The zero-order valence-electron chi connectivity index (χ0n) is 15.9. The third-order valence-electron chi connectivity index (χ3n) is 5.50. The quantitative estimate of drug-likeness (QED) is 0.527. The lowest BCUT2D eigenvalue weighted by atomic mass is 10.2. The van der Waals surface area contributed by atoms with Crippen LogP contribution in [0.1, 0.15) is 24.3 Å². The molecule has 4 N–H and O–H groups in total. The summed E-state index contributed by atoms with van der Waals surface area (Å²) < 4.78 is 4.86. The number of H-pyrrole nitrogens is 1. The van der Waals surface area contributed by atoms with E-state index in [-0.39, 0.29) is 17.6 Å². The van der Waals surface area contributed by atoms with Crippen LogP contribution in [0.5, 0.6) is 0 Å². The van der Waals surface area contributed by atoms with E-state index in [4.69, 9.17) is 16.3 Å². The minimum Gasteiger partial charge on any atom is -0.464 e. The van der Waals surface area contributed by atoms with Crippen LogP contribution in [0.2, 0.25) is 5.02 Å². The van der Waals surface area contributed by atoms with Gasteiger partial charge in [0.05, 0.1) is 19.3 Å². The van der Waals surface area contributed by atoms with Gasteiger partial charge >= 0.3 is 5.97 Å². The average Bonchev–Trinajstić information content (AvgIpc) is 3.04. The first-order chi connectivity index (χ1) is 12.9. The van der Waals surface area contributed by atoms with Crippen LogP contribution in [-0.2, 0) is 9.53 Å². The summed E-state index contributed by atoms with van der Waals surface area (Å²) in [5.74, 6) is -0.645. The van der Waals surface area contributed by atoms with Crippen molar-refractivity contribution >= 4 is 40.1 Å². The van der Waals surface area contributed by atoms with Crippen molar-refractivity contribution in [1.29, 1.82) is 0 Å². The summed E-state index contributed by atoms with van der Waals surface area (Å²) in [6, 6.07) is 5.03. The number of rotatable bonds is 5. The van der Waals surface area contributed by atoms with Crippen molar-refractivity contribution in [2.24, 2.45) is 0 Å². The molecule has 8 heteroatoms. The molecule has 1 saturated heterocycles. The Morgan fingerprint density at radius 1 is 1.30 bits per heavy atom. The Kier molecular flexibility index (Phi) is 6.04. The van der Waals surface area contributed by atoms with Gasteiger partial charge in [-0.25, -0.2) is 4.79 Å². The number of hydrogen-bond donors (Lipinski definition) is 4. The molecule has 0 unspecified atom stereocenters. The predicted octanol–water partition coefficient (Wildman–Crippen LogP) is -0.262. The maximum atomic E-state index is 12.9. The van der Waals surface area contributed by atoms with Gasteiger partial charge in [-0.1, -0.05) is 11.6 Å². The Hall–Kier alpha value is -2.09. The number of carbonyl (C=O) groups excluding carboxylic acids is 2. The maximum Gasteiger partial charge on any atom is 0.356 e. The second-order valence-corrected chi connectivity index (χ2v) is 7.47. The molecular formula is C19H27ClN4O3+2. The molecule has 3 rings (SSSR count). The van der Waals surface area contributed by atoms with Gasteiger partial charge in [0.2, 0.25) is 0 Å². The lowest BCUT2D eigenvalue weighted by molar-refractivity contribution is -1.02. The van der Waals surface area contributed by atoms with Gasteiger partial charge in [-0.2, -0.15) is 0 Å². The molecule has 27 heavy (non-hydrogen) atoms. The average molecular weight is 395 g/mol. The Labute approximate surface area is 163 Å². The standard InChI is InChI=1S/C19H25ClN4O3/c1-4-23-7-9-24(10-8-23)12(2)18(25)22-16-14-11-13(20)5-6-15(14)21-17(16)19(26)27-3/h5-6,11-12,21H,4,7-10H2,1-3H3,(H,22,25)/p+2/t12-/m0/s1. The molecule has 1 fully saturated rings. The van der Waals surface area contributed by atoms with Crippen LogP contribution >= 0.6 is 11.6 Å². The zero-order chi connectivity index (χ0) is 19.6. The van der Waals surface area contributed by atoms with E-state index in [1.54, 1.807) is 23.1 Å². The number of halogens is 1. The minimum atomic E-state index is -0.530. The largest absolute Gasteiger partial charge is 0.464 e. The highest BCUT2D eigenvalue weighted by atomic mass is 35.5. The number of carbonyl (C=O) groups is 2. The highest BCUT2D eigenvalue weighted by molar-refractivity contribution is 6.31. The van der Waals surface area contributed by atoms with Crippen molar-refractivity contribution in [2.45, 2.75) is 19.9 Å². The zero-order valence-corrected chi connectivity index (χ0v) is 16.7. The highest BCUT2D eigenvalue weighted by Crippen LogP contribution is 2.30. The van der Waals surface area contributed by atoms with Crippen LogP contribution in [0, 0.1) is 0 Å². The number of hydrogen-bond acceptors (Lipinski definition) is 3. The van der Waals surface area contributed by atoms with Crippen molar-refractivity contribution < 1.29 is 24.1 Å². The number of ether oxygens (including phenoxy) is 1. The monoisotopic (exact) mass is 394 g/mol. The third kappa shape index (κ3) is 4.10. The van der Waals surface area contributed by atoms with Crippen LogP contribution in [0.3, 0.4) is 0 Å². The molecule has 1 aliphatic rings. The smallest absolute Gasteiger partial charge is 0.356 e. The molecule has 1 aromatic heterocycles. The molecule has 0 saturated carbocycles. The van der Waals surface area contributed by atoms with Crippen LogP contribution in [0.15, 0.2) is 18.2 Å². The van der Waals surface area contributed by atoms with E-state index >= 15 is 0 Å². The lowest BCUT2D eigenvalue weighted by Crippen LogP contribution is -3.29. The van der Waals surface area contributed by atoms with Crippen molar-refractivity contribution in [3.63, 3.8) is 0 Å². The van der Waals surface area contributed by atoms with E-state index in [9.17, 15) is 9.59 Å². The Bertz CT molecular complexity index is 843. The highest BCUT2D eigenvalue weighted by Gasteiger charge is 2.32. The summed E-state index contributed by atoms with van der Waals surface area (Å²) in [6.07, 6.45) is 0. The number of likely N-dealkylation sites (N-methyl/N-ethyl adjacent to an activating group) is 1. The molecule has 1 aliphatic heterocycles. The summed E-state index contributed by atoms with van der Waals surface area (Å²) in [5.41, 5.74) is 1.37. The second-order valence-electron chi connectivity index (χ2n) is 7.03. The minimum absolute atomic E-state index is 0.115. The number of benzene rings is 1. The first kappa shape index (κ1) is 19.7. The molecule has 1 aromatic carbocycles. The topological polar surface area (TPSA) is 80.1 Å². The molecule has 146 valence electrons. The van der Waals surface area contributed by atoms with Crippen LogP contribution in [-0.4, -0.2) is 62.7 Å². The molecule has 2 heterocycles. The third-order valence-corrected chi connectivity index (χ3v) is 5.74. The number of fused-ring (bicyclic) bond motifs is 1. The van der Waals surface area contributed by atoms with E-state index in [0.717, 1.165) is 38.2 Å². The van der Waals surface area contributed by atoms with Gasteiger partial charge in [0.1, 0.15) is 31.9 Å². The number of aromatic nitrogens is 1. The van der Waals surface area contributed by atoms with Crippen molar-refractivity contribution in [3.05, 3.63) is 28.9 Å². The van der Waals surface area contributed by atoms with Crippen molar-refractivity contribution in [2.75, 3.05) is 45.2 Å². The molecule has 0 aliphatic carbocycles. The maximum absolute atomic E-state index is 12.9. The fourth-order valence-corrected chi connectivity index (χ4v) is 3.85. The molecule has 0 spiro atoms. The van der Waals surface area contributed by atoms with Gasteiger partial charge in [-0.15, -0.1) is 0 Å². The number of piperazine rings is 1. The van der Waals surface area contributed by atoms with E-state index in [2.05, 4.69) is 17.2 Å². The van der Waals surface area contributed by atoms with Gasteiger partial charge in [0.15, 0.2) is 6.04 Å². The van der Waals surface area contributed by atoms with E-state index in [0.29, 0.717) is 16.1 Å². The number of aromatic amines is 1. The van der Waals surface area contributed by atoms with Crippen LogP contribution < -0.4 is 15.1 Å². The van der Waals surface area contributed by atoms with Crippen molar-refractivity contribution in [3.8, 4) is 0 Å². The summed E-state index contributed by atoms with van der Waals surface area (Å²) in [5, 5.41) is 4.17. The first-order valence-electron chi connectivity index (χ1n) is 9.33. The van der Waals surface area contributed by atoms with Crippen LogP contribution in [0.25, 0.3) is 10.9 Å². The molecule has 1 amide bonds. The van der Waals surface area contributed by atoms with E-state index in [1.165, 1.54) is 12.0 Å². The number of methoxy groups -OCH3 is 1. The van der Waals surface area contributed by atoms with Gasteiger partial charge in [0, 0.05) is 15.9 Å². The molecule has 7 nitrogen and oxygen atoms in total. The first-order valence-corrected chi connectivity index (χ1v) is 9.71. The van der Waals surface area contributed by atoms with E-state index < -0.39 is 5.97 Å². The normalized spacial score (nSPS) is 21.0. The Morgan fingerprint density at radius 3 is 2.63 bits per heavy atom. The van der Waals surface area contributed by atoms with Gasteiger partial charge < -0.3 is 24.8 Å². The summed E-state index contributed by atoms with van der Waals surface area (Å²) in [7, 11) is 1.31. The Balaban J connectivity index is 1.83. The number of anilines is 1. The molecule has 0 radical (unpaired) electrons. The fraction of sp³-hybridized carbons (Fsp3) is 0.474. The number of esters is 1.